The molecule has 8 nitrogen and oxygen atoms in total. The summed E-state index contributed by atoms with van der Waals surface area (Å²) in [5.74, 6) is -3.97. The molecule has 0 unspecified atom stereocenters. The minimum Gasteiger partial charge on any atom is -0.492 e. The van der Waals surface area contributed by atoms with Crippen LogP contribution >= 0.6 is 11.6 Å². The first-order chi connectivity index (χ1) is 17.0. The van der Waals surface area contributed by atoms with Gasteiger partial charge in [0.15, 0.2) is 0 Å². The third-order valence-corrected chi connectivity index (χ3v) is 6.04. The highest BCUT2D eigenvalue weighted by molar-refractivity contribution is 6.30. The third-order valence-electron chi connectivity index (χ3n) is 5.79. The number of benzene rings is 1. The van der Waals surface area contributed by atoms with Gasteiger partial charge >= 0.3 is 24.3 Å². The van der Waals surface area contributed by atoms with Crippen LogP contribution < -0.4 is 4.74 Å². The SMILES string of the molecule is COC[C@@H]1CN(C)C[C@@]12CCN(CCOc1ccc(Cl)cc1)C2.O=C(O)C(F)(F)F.O=C(O)C(F)(F)F. The van der Waals surface area contributed by atoms with E-state index in [1.54, 1.807) is 0 Å². The average molecular weight is 567 g/mol. The van der Waals surface area contributed by atoms with Gasteiger partial charge in [-0.1, -0.05) is 11.6 Å². The smallest absolute Gasteiger partial charge is 0.490 e. The van der Waals surface area contributed by atoms with Crippen LogP contribution in [-0.4, -0.2) is 104 Å². The van der Waals surface area contributed by atoms with Crippen LogP contribution in [0, 0.1) is 11.3 Å². The van der Waals surface area contributed by atoms with Gasteiger partial charge in [-0.2, -0.15) is 26.3 Å². The van der Waals surface area contributed by atoms with Crippen LogP contribution in [0.2, 0.25) is 5.02 Å². The molecule has 2 fully saturated rings. The van der Waals surface area contributed by atoms with E-state index in [2.05, 4.69) is 16.8 Å². The first-order valence-electron chi connectivity index (χ1n) is 10.9. The van der Waals surface area contributed by atoms with Gasteiger partial charge in [0.25, 0.3) is 0 Å². The first-order valence-corrected chi connectivity index (χ1v) is 11.3. The Bertz CT molecular complexity index is 847. The fourth-order valence-electron chi connectivity index (χ4n) is 4.19. The molecule has 0 saturated carbocycles. The molecule has 2 aliphatic heterocycles. The van der Waals surface area contributed by atoms with Gasteiger partial charge in [0.1, 0.15) is 12.4 Å². The number of likely N-dealkylation sites (tertiary alicyclic amines) is 2. The van der Waals surface area contributed by atoms with E-state index in [1.165, 1.54) is 13.0 Å². The normalized spacial score (nSPS) is 22.1. The molecule has 1 aromatic carbocycles. The standard InChI is InChI=1S/C18H27ClN2O2.2C2HF3O2/c1-20-11-15(12-22-2)18(13-20)7-8-21(14-18)9-10-23-17-5-3-16(19)4-6-17;2*3-2(4,5)1(6)7/h3-6,15H,7-14H2,1-2H3;2*(H,6,7)/t15-,18+;;/m0../s1. The van der Waals surface area contributed by atoms with E-state index in [0.717, 1.165) is 50.2 Å². The molecule has 1 spiro atoms. The van der Waals surface area contributed by atoms with Crippen molar-refractivity contribution in [2.75, 3.05) is 60.1 Å². The number of hydrogen-bond donors (Lipinski definition) is 2. The topological polar surface area (TPSA) is 99.5 Å². The molecular formula is C22H29ClF6N2O6. The number of aliphatic carboxylic acids is 2. The predicted molar refractivity (Wildman–Crippen MR) is 121 cm³/mol. The maximum Gasteiger partial charge on any atom is 0.490 e. The molecule has 3 rings (SSSR count). The number of hydrogen-bond acceptors (Lipinski definition) is 6. The molecule has 15 heteroatoms. The molecule has 2 aliphatic rings. The van der Waals surface area contributed by atoms with Crippen LogP contribution in [0.4, 0.5) is 26.3 Å². The number of alkyl halides is 6. The monoisotopic (exact) mass is 566 g/mol. The Kier molecular flexibility index (Phi) is 12.4. The summed E-state index contributed by atoms with van der Waals surface area (Å²) in [4.78, 5) is 22.8. The molecule has 212 valence electrons. The lowest BCUT2D eigenvalue weighted by atomic mass is 9.78. The van der Waals surface area contributed by atoms with Crippen molar-refractivity contribution >= 4 is 23.5 Å². The second-order valence-corrected chi connectivity index (χ2v) is 9.08. The molecule has 2 heterocycles. The number of carbonyl (C=O) groups is 2. The number of carboxylic acids is 2. The van der Waals surface area contributed by atoms with E-state index < -0.39 is 24.3 Å². The number of rotatable bonds is 6. The zero-order chi connectivity index (χ0) is 28.4. The van der Waals surface area contributed by atoms with Crippen molar-refractivity contribution in [1.82, 2.24) is 9.80 Å². The van der Waals surface area contributed by atoms with Gasteiger partial charge in [0.05, 0.1) is 6.61 Å². The number of halogens is 7. The zero-order valence-electron chi connectivity index (χ0n) is 20.1. The van der Waals surface area contributed by atoms with Crippen molar-refractivity contribution in [2.45, 2.75) is 18.8 Å². The predicted octanol–water partition coefficient (Wildman–Crippen LogP) is 3.89. The lowest BCUT2D eigenvalue weighted by Gasteiger charge is -2.30. The van der Waals surface area contributed by atoms with Crippen LogP contribution in [-0.2, 0) is 14.3 Å². The van der Waals surface area contributed by atoms with Crippen molar-refractivity contribution in [3.63, 3.8) is 0 Å². The molecule has 0 amide bonds. The summed E-state index contributed by atoms with van der Waals surface area (Å²) in [5.41, 5.74) is 0.408. The third kappa shape index (κ3) is 11.3. The van der Waals surface area contributed by atoms with Gasteiger partial charge < -0.3 is 24.6 Å². The van der Waals surface area contributed by atoms with Crippen molar-refractivity contribution in [3.8, 4) is 5.75 Å². The Balaban J connectivity index is 0.000000404. The lowest BCUT2D eigenvalue weighted by molar-refractivity contribution is -0.193. The highest BCUT2D eigenvalue weighted by Crippen LogP contribution is 2.43. The Hall–Kier alpha value is -2.29. The molecule has 0 aromatic heterocycles. The van der Waals surface area contributed by atoms with Gasteiger partial charge in [-0.05, 0) is 44.3 Å². The van der Waals surface area contributed by atoms with Gasteiger partial charge in [-0.3, -0.25) is 4.90 Å². The molecular weight excluding hydrogens is 538 g/mol. The summed E-state index contributed by atoms with van der Waals surface area (Å²) >= 11 is 5.89. The highest BCUT2D eigenvalue weighted by Gasteiger charge is 2.49. The number of methoxy groups -OCH3 is 1. The summed E-state index contributed by atoms with van der Waals surface area (Å²) in [6.07, 6.45) is -8.90. The van der Waals surface area contributed by atoms with Gasteiger partial charge in [-0.15, -0.1) is 0 Å². The molecule has 0 bridgehead atoms. The van der Waals surface area contributed by atoms with E-state index in [9.17, 15) is 26.3 Å². The summed E-state index contributed by atoms with van der Waals surface area (Å²) in [7, 11) is 4.04. The number of ether oxygens (including phenoxy) is 2. The summed E-state index contributed by atoms with van der Waals surface area (Å²) in [6, 6.07) is 7.58. The van der Waals surface area contributed by atoms with Crippen LogP contribution in [0.15, 0.2) is 24.3 Å². The fraction of sp³-hybridized carbons (Fsp3) is 0.636. The summed E-state index contributed by atoms with van der Waals surface area (Å²) < 4.78 is 74.8. The summed E-state index contributed by atoms with van der Waals surface area (Å²) in [5, 5.41) is 15.0. The van der Waals surface area contributed by atoms with E-state index >= 15 is 0 Å². The Morgan fingerprint density at radius 2 is 1.57 bits per heavy atom. The van der Waals surface area contributed by atoms with Crippen molar-refractivity contribution in [1.29, 1.82) is 0 Å². The van der Waals surface area contributed by atoms with Crippen LogP contribution in [0.25, 0.3) is 0 Å². The van der Waals surface area contributed by atoms with E-state index in [4.69, 9.17) is 40.9 Å². The van der Waals surface area contributed by atoms with Gasteiger partial charge in [-0.25, -0.2) is 9.59 Å². The summed E-state index contributed by atoms with van der Waals surface area (Å²) in [6.45, 7) is 7.25. The second kappa shape index (κ2) is 14.0. The average Bonchev–Trinajstić information content (AvgIpc) is 3.31. The number of carboxylic acid groups (broad SMARTS) is 2. The zero-order valence-corrected chi connectivity index (χ0v) is 20.9. The Labute approximate surface area is 214 Å². The van der Waals surface area contributed by atoms with E-state index in [-0.39, 0.29) is 0 Å². The molecule has 2 saturated heterocycles. The largest absolute Gasteiger partial charge is 0.492 e. The lowest BCUT2D eigenvalue weighted by Crippen LogP contribution is -2.37. The molecule has 2 atom stereocenters. The maximum absolute atomic E-state index is 10.6. The van der Waals surface area contributed by atoms with Crippen LogP contribution in [0.5, 0.6) is 5.75 Å². The van der Waals surface area contributed by atoms with E-state index in [1.807, 2.05) is 31.4 Å². The molecule has 1 aromatic rings. The number of nitrogens with zero attached hydrogens (tertiary/aromatic N) is 2. The van der Waals surface area contributed by atoms with Crippen molar-refractivity contribution in [2.24, 2.45) is 11.3 Å². The minimum atomic E-state index is -5.08. The van der Waals surface area contributed by atoms with E-state index in [0.29, 0.717) is 11.3 Å². The van der Waals surface area contributed by atoms with Gasteiger partial charge in [0, 0.05) is 49.6 Å². The van der Waals surface area contributed by atoms with Gasteiger partial charge in [0.2, 0.25) is 0 Å². The van der Waals surface area contributed by atoms with Crippen molar-refractivity contribution < 1.29 is 55.6 Å². The molecule has 0 aliphatic carbocycles. The Morgan fingerprint density at radius 1 is 1.05 bits per heavy atom. The molecule has 2 N–H and O–H groups in total. The van der Waals surface area contributed by atoms with Crippen molar-refractivity contribution in [3.05, 3.63) is 29.3 Å². The molecule has 37 heavy (non-hydrogen) atoms. The van der Waals surface area contributed by atoms with Crippen LogP contribution in [0.3, 0.4) is 0 Å². The quantitative estimate of drug-likeness (QED) is 0.501. The second-order valence-electron chi connectivity index (χ2n) is 8.65. The maximum atomic E-state index is 10.6. The molecule has 0 radical (unpaired) electrons. The fourth-order valence-corrected chi connectivity index (χ4v) is 4.32. The Morgan fingerprint density at radius 3 is 2.03 bits per heavy atom. The minimum absolute atomic E-state index is 0.408. The highest BCUT2D eigenvalue weighted by atomic mass is 35.5. The first kappa shape index (κ1) is 32.7. The van der Waals surface area contributed by atoms with Crippen LogP contribution in [0.1, 0.15) is 6.42 Å².